The molecule has 1 atom stereocenters. The Morgan fingerprint density at radius 2 is 1.73 bits per heavy atom. The van der Waals surface area contributed by atoms with Crippen molar-refractivity contribution < 1.29 is 22.7 Å². The second-order valence-corrected chi connectivity index (χ2v) is 7.71. The lowest BCUT2D eigenvalue weighted by Crippen LogP contribution is -2.28. The Balaban J connectivity index is 1.69. The fraction of sp³-hybridized carbons (Fsp3) is 0.125. The molecule has 1 N–H and O–H groups in total. The minimum Gasteiger partial charge on any atom is -0.437 e. The molecule has 5 nitrogen and oxygen atoms in total. The molecular weight excluding hydrogens is 455 g/mol. The fourth-order valence-electron chi connectivity index (χ4n) is 3.28. The van der Waals surface area contributed by atoms with Crippen LogP contribution < -0.4 is 10.1 Å². The van der Waals surface area contributed by atoms with Crippen LogP contribution in [0.1, 0.15) is 34.5 Å². The number of halogens is 4. The van der Waals surface area contributed by atoms with E-state index < -0.39 is 23.7 Å². The van der Waals surface area contributed by atoms with Crippen molar-refractivity contribution in [2.75, 3.05) is 0 Å². The number of carbonyl (C=O) groups is 1. The van der Waals surface area contributed by atoms with Crippen LogP contribution in [-0.4, -0.2) is 16.1 Å². The van der Waals surface area contributed by atoms with Crippen LogP contribution in [-0.2, 0) is 6.18 Å². The molecule has 0 saturated heterocycles. The summed E-state index contributed by atoms with van der Waals surface area (Å²) in [6.07, 6.45) is -4.48. The smallest absolute Gasteiger partial charge is 0.416 e. The van der Waals surface area contributed by atoms with Crippen LogP contribution in [0.4, 0.5) is 13.2 Å². The predicted molar refractivity (Wildman–Crippen MR) is 118 cm³/mol. The van der Waals surface area contributed by atoms with E-state index in [9.17, 15) is 18.0 Å². The van der Waals surface area contributed by atoms with Crippen LogP contribution in [0.15, 0.2) is 72.8 Å². The number of alkyl halides is 3. The number of benzene rings is 3. The number of hydrogen-bond donors (Lipinski definition) is 1. The summed E-state index contributed by atoms with van der Waals surface area (Å²) in [7, 11) is 0. The first-order valence-electron chi connectivity index (χ1n) is 9.89. The van der Waals surface area contributed by atoms with E-state index in [1.807, 2.05) is 0 Å². The second kappa shape index (κ2) is 9.07. The number of rotatable bonds is 5. The molecule has 168 valence electrons. The molecular formula is C24H17ClF3N3O2. The Hall–Kier alpha value is -3.65. The lowest BCUT2D eigenvalue weighted by atomic mass is 10.0. The van der Waals surface area contributed by atoms with Gasteiger partial charge in [-0.1, -0.05) is 41.9 Å². The van der Waals surface area contributed by atoms with E-state index in [-0.39, 0.29) is 11.4 Å². The number of nitrogens with one attached hydrogen (secondary N) is 1. The maximum Gasteiger partial charge on any atom is 0.416 e. The van der Waals surface area contributed by atoms with Crippen molar-refractivity contribution in [3.8, 4) is 11.6 Å². The van der Waals surface area contributed by atoms with Gasteiger partial charge in [0.15, 0.2) is 0 Å². The predicted octanol–water partition coefficient (Wildman–Crippen LogP) is 6.59. The maximum atomic E-state index is 13.3. The molecule has 0 bridgehead atoms. The summed E-state index contributed by atoms with van der Waals surface area (Å²) in [6, 6.07) is 17.5. The molecule has 0 spiro atoms. The second-order valence-electron chi connectivity index (χ2n) is 7.27. The first-order valence-corrected chi connectivity index (χ1v) is 10.3. The number of nitrogens with zero attached hydrogens (tertiary/aromatic N) is 2. The molecule has 3 aromatic carbocycles. The van der Waals surface area contributed by atoms with E-state index in [1.54, 1.807) is 55.5 Å². The number of carbonyl (C=O) groups excluding carboxylic acids is 1. The van der Waals surface area contributed by atoms with Crippen molar-refractivity contribution in [2.24, 2.45) is 0 Å². The van der Waals surface area contributed by atoms with Gasteiger partial charge < -0.3 is 10.1 Å². The van der Waals surface area contributed by atoms with Crippen molar-refractivity contribution >= 4 is 28.4 Å². The molecule has 1 heterocycles. The van der Waals surface area contributed by atoms with Gasteiger partial charge in [-0.25, -0.2) is 0 Å². The zero-order valence-corrected chi connectivity index (χ0v) is 18.0. The van der Waals surface area contributed by atoms with Gasteiger partial charge in [-0.3, -0.25) is 4.79 Å². The number of ether oxygens (including phenoxy) is 1. The molecule has 0 unspecified atom stereocenters. The zero-order chi connectivity index (χ0) is 23.6. The van der Waals surface area contributed by atoms with E-state index in [1.165, 1.54) is 12.1 Å². The van der Waals surface area contributed by atoms with Crippen LogP contribution in [0.2, 0.25) is 5.02 Å². The highest BCUT2D eigenvalue weighted by Gasteiger charge is 2.31. The summed E-state index contributed by atoms with van der Waals surface area (Å²) in [5, 5.41) is 11.9. The normalized spacial score (nSPS) is 12.4. The third-order valence-corrected chi connectivity index (χ3v) is 5.20. The monoisotopic (exact) mass is 471 g/mol. The molecule has 0 aliphatic heterocycles. The molecule has 1 aromatic heterocycles. The van der Waals surface area contributed by atoms with E-state index in [0.717, 1.165) is 12.1 Å². The van der Waals surface area contributed by atoms with Crippen LogP contribution in [0.5, 0.6) is 11.6 Å². The Labute approximate surface area is 192 Å². The molecule has 0 aliphatic carbocycles. The minimum atomic E-state index is -4.48. The number of aromatic nitrogens is 2. The van der Waals surface area contributed by atoms with E-state index >= 15 is 0 Å². The highest BCUT2D eigenvalue weighted by Crippen LogP contribution is 2.32. The molecule has 9 heteroatoms. The molecule has 0 fully saturated rings. The lowest BCUT2D eigenvalue weighted by molar-refractivity contribution is -0.137. The van der Waals surface area contributed by atoms with E-state index in [0.29, 0.717) is 27.2 Å². The Kier molecular flexibility index (Phi) is 6.20. The number of fused-ring (bicyclic) bond motifs is 1. The fourth-order valence-corrected chi connectivity index (χ4v) is 3.40. The van der Waals surface area contributed by atoms with Gasteiger partial charge in [-0.05, 0) is 55.0 Å². The largest absolute Gasteiger partial charge is 0.437 e. The van der Waals surface area contributed by atoms with Gasteiger partial charge in [0.2, 0.25) is 0 Å². The first-order chi connectivity index (χ1) is 15.7. The highest BCUT2D eigenvalue weighted by atomic mass is 35.5. The molecule has 0 aliphatic rings. The molecule has 0 saturated carbocycles. The molecule has 4 aromatic rings. The zero-order valence-electron chi connectivity index (χ0n) is 17.2. The SMILES string of the molecule is C[C@H](NC(=O)c1c(Oc2ccc(Cl)cc2)nnc2ccccc12)c1cccc(C(F)(F)F)c1. The Morgan fingerprint density at radius 3 is 2.45 bits per heavy atom. The third-order valence-electron chi connectivity index (χ3n) is 4.95. The van der Waals surface area contributed by atoms with Crippen LogP contribution in [0.25, 0.3) is 10.9 Å². The van der Waals surface area contributed by atoms with Gasteiger partial charge in [0.1, 0.15) is 11.3 Å². The summed E-state index contributed by atoms with van der Waals surface area (Å²) < 4.78 is 45.1. The summed E-state index contributed by atoms with van der Waals surface area (Å²) in [5.74, 6) is -0.205. The van der Waals surface area contributed by atoms with Crippen molar-refractivity contribution in [3.05, 3.63) is 94.5 Å². The van der Waals surface area contributed by atoms with Gasteiger partial charge in [0.25, 0.3) is 11.8 Å². The van der Waals surface area contributed by atoms with Crippen molar-refractivity contribution in [2.45, 2.75) is 19.1 Å². The first kappa shape index (κ1) is 22.5. The highest BCUT2D eigenvalue weighted by molar-refractivity contribution is 6.30. The quantitative estimate of drug-likeness (QED) is 0.357. The summed E-state index contributed by atoms with van der Waals surface area (Å²) >= 11 is 5.91. The van der Waals surface area contributed by atoms with Gasteiger partial charge in [-0.15, -0.1) is 10.2 Å². The lowest BCUT2D eigenvalue weighted by Gasteiger charge is -2.18. The Bertz CT molecular complexity index is 1310. The van der Waals surface area contributed by atoms with Crippen molar-refractivity contribution in [1.29, 1.82) is 0 Å². The van der Waals surface area contributed by atoms with Crippen LogP contribution in [0, 0.1) is 0 Å². The maximum absolute atomic E-state index is 13.3. The average Bonchev–Trinajstić information content (AvgIpc) is 2.79. The van der Waals surface area contributed by atoms with Gasteiger partial charge >= 0.3 is 6.18 Å². The van der Waals surface area contributed by atoms with Crippen molar-refractivity contribution in [3.63, 3.8) is 0 Å². The van der Waals surface area contributed by atoms with E-state index in [2.05, 4.69) is 15.5 Å². The van der Waals surface area contributed by atoms with Gasteiger partial charge in [0.05, 0.1) is 17.1 Å². The summed E-state index contributed by atoms with van der Waals surface area (Å²) in [6.45, 7) is 1.60. The molecule has 4 rings (SSSR count). The third kappa shape index (κ3) is 5.06. The van der Waals surface area contributed by atoms with Gasteiger partial charge in [-0.2, -0.15) is 13.2 Å². The molecule has 1 amide bonds. The van der Waals surface area contributed by atoms with Crippen LogP contribution >= 0.6 is 11.6 Å². The number of amides is 1. The summed E-state index contributed by atoms with van der Waals surface area (Å²) in [5.41, 5.74) is 0.112. The van der Waals surface area contributed by atoms with Crippen LogP contribution in [0.3, 0.4) is 0 Å². The minimum absolute atomic E-state index is 0.0373. The Morgan fingerprint density at radius 1 is 1.00 bits per heavy atom. The summed E-state index contributed by atoms with van der Waals surface area (Å²) in [4.78, 5) is 13.3. The van der Waals surface area contributed by atoms with Crippen molar-refractivity contribution in [1.82, 2.24) is 15.5 Å². The topological polar surface area (TPSA) is 64.1 Å². The van der Waals surface area contributed by atoms with Gasteiger partial charge in [0, 0.05) is 10.4 Å². The molecule has 33 heavy (non-hydrogen) atoms. The molecule has 0 radical (unpaired) electrons. The standard InChI is InChI=1S/C24H17ClF3N3O2/c1-14(15-5-4-6-16(13-15)24(26,27)28)29-22(32)21-19-7-2-3-8-20(19)30-31-23(21)33-18-11-9-17(25)10-12-18/h2-14H,1H3,(H,29,32)/t14-/m0/s1. The van der Waals surface area contributed by atoms with E-state index in [4.69, 9.17) is 16.3 Å². The number of hydrogen-bond acceptors (Lipinski definition) is 4. The average molecular weight is 472 g/mol.